The van der Waals surface area contributed by atoms with Crippen molar-refractivity contribution in [1.29, 1.82) is 0 Å². The summed E-state index contributed by atoms with van der Waals surface area (Å²) in [7, 11) is 2.52. The fraction of sp³-hybridized carbons (Fsp3) is 0.867. The number of hydrogen-bond donors (Lipinski definition) is 0. The van der Waals surface area contributed by atoms with Crippen LogP contribution in [0.25, 0.3) is 0 Å². The first kappa shape index (κ1) is 10.8. The van der Waals surface area contributed by atoms with Crippen LogP contribution >= 0.6 is 0 Å². The van der Waals surface area contributed by atoms with E-state index in [0.29, 0.717) is 5.54 Å². The third-order valence-corrected chi connectivity index (χ3v) is 5.79. The Kier molecular flexibility index (Phi) is 2.27. The molecule has 3 rings (SSSR count). The van der Waals surface area contributed by atoms with E-state index in [2.05, 4.69) is 20.9 Å². The Morgan fingerprint density at radius 3 is 2.75 bits per heavy atom. The Labute approximate surface area is 100 Å². The lowest BCUT2D eigenvalue weighted by atomic mass is 9.73. The van der Waals surface area contributed by atoms with Crippen LogP contribution in [0.1, 0.15) is 52.4 Å². The van der Waals surface area contributed by atoms with Crippen LogP contribution in [0, 0.1) is 5.92 Å². The Morgan fingerprint density at radius 1 is 1.19 bits per heavy atom. The highest BCUT2D eigenvalue weighted by Crippen LogP contribution is 2.51. The number of fused-ring (bicyclic) bond motifs is 2. The molecule has 0 aromatic carbocycles. The summed E-state index contributed by atoms with van der Waals surface area (Å²) < 4.78 is 1.34. The molecule has 0 spiro atoms. The van der Waals surface area contributed by atoms with Gasteiger partial charge in [0.25, 0.3) is 0 Å². The highest BCUT2D eigenvalue weighted by atomic mass is 15.4. The molecule has 0 bridgehead atoms. The molecule has 1 saturated heterocycles. The van der Waals surface area contributed by atoms with Crippen LogP contribution in [0.15, 0.2) is 11.1 Å². The summed E-state index contributed by atoms with van der Waals surface area (Å²) in [5.41, 5.74) is 4.25. The van der Waals surface area contributed by atoms with Crippen molar-refractivity contribution in [2.75, 3.05) is 20.1 Å². The highest BCUT2D eigenvalue weighted by molar-refractivity contribution is 5.29. The Morgan fingerprint density at radius 2 is 1.94 bits per heavy atom. The van der Waals surface area contributed by atoms with Crippen LogP contribution in [0.5, 0.6) is 0 Å². The SMILES string of the molecule is C[C@H]1C[C@@]2(C)C3=C(CCCC3)CC[N+]2(C)C1. The second-order valence-electron chi connectivity index (χ2n) is 6.92. The molecule has 0 radical (unpaired) electrons. The minimum Gasteiger partial charge on any atom is -0.317 e. The van der Waals surface area contributed by atoms with Crippen molar-refractivity contribution < 1.29 is 4.48 Å². The number of nitrogens with zero attached hydrogens (tertiary/aromatic N) is 1. The van der Waals surface area contributed by atoms with Gasteiger partial charge >= 0.3 is 0 Å². The van der Waals surface area contributed by atoms with Crippen LogP contribution in [0.4, 0.5) is 0 Å². The molecule has 16 heavy (non-hydrogen) atoms. The van der Waals surface area contributed by atoms with Gasteiger partial charge < -0.3 is 4.48 Å². The largest absolute Gasteiger partial charge is 0.317 e. The summed E-state index contributed by atoms with van der Waals surface area (Å²) in [6, 6.07) is 0. The molecular formula is C15H26N+. The van der Waals surface area contributed by atoms with Crippen LogP contribution in [-0.4, -0.2) is 30.2 Å². The lowest BCUT2D eigenvalue weighted by molar-refractivity contribution is -0.941. The van der Waals surface area contributed by atoms with E-state index in [4.69, 9.17) is 0 Å². The van der Waals surface area contributed by atoms with Crippen molar-refractivity contribution in [2.24, 2.45) is 5.92 Å². The minimum absolute atomic E-state index is 0.507. The van der Waals surface area contributed by atoms with E-state index in [1.807, 2.05) is 11.1 Å². The first-order valence-electron chi connectivity index (χ1n) is 7.11. The molecule has 0 aromatic rings. The topological polar surface area (TPSA) is 0 Å². The van der Waals surface area contributed by atoms with Crippen LogP contribution in [0.3, 0.4) is 0 Å². The lowest BCUT2D eigenvalue weighted by Gasteiger charge is -2.51. The molecule has 2 aliphatic heterocycles. The van der Waals surface area contributed by atoms with E-state index in [1.165, 1.54) is 56.1 Å². The van der Waals surface area contributed by atoms with Crippen molar-refractivity contribution in [2.45, 2.75) is 57.9 Å². The van der Waals surface area contributed by atoms with E-state index >= 15 is 0 Å². The van der Waals surface area contributed by atoms with Crippen molar-refractivity contribution >= 4 is 0 Å². The maximum absolute atomic E-state index is 2.57. The zero-order valence-corrected chi connectivity index (χ0v) is 11.2. The van der Waals surface area contributed by atoms with Gasteiger partial charge in [-0.3, -0.25) is 0 Å². The number of likely N-dealkylation sites (N-methyl/N-ethyl adjacent to an activating group) is 1. The maximum atomic E-state index is 2.57. The average Bonchev–Trinajstić information content (AvgIpc) is 2.49. The third-order valence-electron chi connectivity index (χ3n) is 5.79. The molecule has 2 heterocycles. The standard InChI is InChI=1S/C15H26N/c1-12-10-15(2)14-7-5-4-6-13(14)8-9-16(15,3)11-12/h12H,4-11H2,1-3H3/q+1/t12-,15-,16?/m0/s1. The molecule has 3 atom stereocenters. The summed E-state index contributed by atoms with van der Waals surface area (Å²) >= 11 is 0. The zero-order chi connectivity index (χ0) is 11.4. The van der Waals surface area contributed by atoms with Gasteiger partial charge in [0.15, 0.2) is 0 Å². The van der Waals surface area contributed by atoms with E-state index in [0.717, 1.165) is 5.92 Å². The molecule has 1 unspecified atom stereocenters. The summed E-state index contributed by atoms with van der Waals surface area (Å²) in [4.78, 5) is 0. The van der Waals surface area contributed by atoms with E-state index in [1.54, 1.807) is 0 Å². The molecule has 0 amide bonds. The molecule has 1 fully saturated rings. The van der Waals surface area contributed by atoms with Gasteiger partial charge in [-0.15, -0.1) is 0 Å². The summed E-state index contributed by atoms with van der Waals surface area (Å²) in [5.74, 6) is 0.920. The van der Waals surface area contributed by atoms with E-state index in [-0.39, 0.29) is 0 Å². The van der Waals surface area contributed by atoms with Crippen molar-refractivity contribution in [1.82, 2.24) is 0 Å². The van der Waals surface area contributed by atoms with Crippen molar-refractivity contribution in [3.8, 4) is 0 Å². The Bertz CT molecular complexity index is 343. The predicted octanol–water partition coefficient (Wildman–Crippen LogP) is 3.51. The van der Waals surface area contributed by atoms with Gasteiger partial charge in [-0.25, -0.2) is 0 Å². The van der Waals surface area contributed by atoms with E-state index < -0.39 is 0 Å². The van der Waals surface area contributed by atoms with Gasteiger partial charge in [0, 0.05) is 18.8 Å². The lowest BCUT2D eigenvalue weighted by Crippen LogP contribution is -2.60. The fourth-order valence-electron chi connectivity index (χ4n) is 4.92. The van der Waals surface area contributed by atoms with E-state index in [9.17, 15) is 0 Å². The molecule has 1 nitrogen and oxygen atoms in total. The second kappa shape index (κ2) is 3.35. The smallest absolute Gasteiger partial charge is 0.118 e. The normalized spacial score (nSPS) is 47.8. The van der Waals surface area contributed by atoms with Crippen LogP contribution < -0.4 is 0 Å². The van der Waals surface area contributed by atoms with Gasteiger partial charge in [-0.2, -0.15) is 0 Å². The molecule has 3 aliphatic rings. The molecule has 90 valence electrons. The third kappa shape index (κ3) is 1.27. The first-order chi connectivity index (χ1) is 7.55. The Hall–Kier alpha value is -0.300. The van der Waals surface area contributed by atoms with Gasteiger partial charge in [-0.05, 0) is 38.2 Å². The molecule has 0 aromatic heterocycles. The van der Waals surface area contributed by atoms with Crippen LogP contribution in [0.2, 0.25) is 0 Å². The fourth-order valence-corrected chi connectivity index (χ4v) is 4.92. The predicted molar refractivity (Wildman–Crippen MR) is 68.2 cm³/mol. The molecule has 0 N–H and O–H groups in total. The molecule has 1 heteroatoms. The van der Waals surface area contributed by atoms with Crippen LogP contribution in [-0.2, 0) is 0 Å². The van der Waals surface area contributed by atoms with Crippen molar-refractivity contribution in [3.63, 3.8) is 0 Å². The molecular weight excluding hydrogens is 194 g/mol. The number of rotatable bonds is 0. The van der Waals surface area contributed by atoms with Gasteiger partial charge in [0.2, 0.25) is 0 Å². The maximum Gasteiger partial charge on any atom is 0.118 e. The first-order valence-corrected chi connectivity index (χ1v) is 7.11. The second-order valence-corrected chi connectivity index (χ2v) is 6.92. The number of hydrogen-bond acceptors (Lipinski definition) is 0. The Balaban J connectivity index is 2.06. The highest BCUT2D eigenvalue weighted by Gasteiger charge is 2.56. The minimum atomic E-state index is 0.507. The summed E-state index contributed by atoms with van der Waals surface area (Å²) in [6.45, 7) is 7.83. The quantitative estimate of drug-likeness (QED) is 0.433. The summed E-state index contributed by atoms with van der Waals surface area (Å²) in [6.07, 6.45) is 8.55. The molecule has 1 aliphatic carbocycles. The zero-order valence-electron chi connectivity index (χ0n) is 11.2. The monoisotopic (exact) mass is 220 g/mol. The van der Waals surface area contributed by atoms with Crippen molar-refractivity contribution in [3.05, 3.63) is 11.1 Å². The van der Waals surface area contributed by atoms with Gasteiger partial charge in [0.1, 0.15) is 5.54 Å². The van der Waals surface area contributed by atoms with Gasteiger partial charge in [0.05, 0.1) is 20.1 Å². The molecule has 0 saturated carbocycles. The number of quaternary nitrogens is 1. The van der Waals surface area contributed by atoms with Gasteiger partial charge in [-0.1, -0.05) is 12.5 Å². The summed E-state index contributed by atoms with van der Waals surface area (Å²) in [5, 5.41) is 0. The average molecular weight is 220 g/mol.